The van der Waals surface area contributed by atoms with E-state index in [0.717, 1.165) is 19.6 Å². The normalized spacial score (nSPS) is 24.3. The maximum absolute atomic E-state index is 11.7. The first-order valence-electron chi connectivity index (χ1n) is 6.75. The van der Waals surface area contributed by atoms with Crippen molar-refractivity contribution in [2.24, 2.45) is 0 Å². The summed E-state index contributed by atoms with van der Waals surface area (Å²) in [6.45, 7) is 7.84. The number of nitrogens with zero attached hydrogens (tertiary/aromatic N) is 3. The topological polar surface area (TPSA) is 59.4 Å². The first-order chi connectivity index (χ1) is 9.13. The summed E-state index contributed by atoms with van der Waals surface area (Å²) < 4.78 is 7.29. The summed E-state index contributed by atoms with van der Waals surface area (Å²) >= 11 is 0. The summed E-state index contributed by atoms with van der Waals surface area (Å²) in [5.74, 6) is -0.00180. The number of ether oxygens (including phenoxy) is 1. The zero-order valence-electron chi connectivity index (χ0n) is 11.6. The lowest BCUT2D eigenvalue weighted by atomic mass is 10.2. The summed E-state index contributed by atoms with van der Waals surface area (Å²) in [4.78, 5) is 14.0. The molecule has 1 saturated heterocycles. The molecule has 1 fully saturated rings. The van der Waals surface area contributed by atoms with Gasteiger partial charge >= 0.3 is 0 Å². The molecule has 0 saturated carbocycles. The molecule has 0 aromatic carbocycles. The van der Waals surface area contributed by atoms with Crippen molar-refractivity contribution in [2.45, 2.75) is 32.6 Å². The largest absolute Gasteiger partial charge is 0.373 e. The number of hydrogen-bond donors (Lipinski definition) is 1. The van der Waals surface area contributed by atoms with Crippen LogP contribution in [0.15, 0.2) is 18.5 Å². The molecule has 2 rings (SSSR count). The van der Waals surface area contributed by atoms with Crippen LogP contribution in [0.25, 0.3) is 0 Å². The van der Waals surface area contributed by atoms with E-state index in [4.69, 9.17) is 4.74 Å². The zero-order valence-corrected chi connectivity index (χ0v) is 11.6. The van der Waals surface area contributed by atoms with Crippen molar-refractivity contribution in [3.8, 4) is 0 Å². The van der Waals surface area contributed by atoms with Gasteiger partial charge in [-0.3, -0.25) is 14.4 Å². The van der Waals surface area contributed by atoms with Crippen LogP contribution in [-0.2, 0) is 16.1 Å². The zero-order chi connectivity index (χ0) is 13.7. The summed E-state index contributed by atoms with van der Waals surface area (Å²) in [7, 11) is 0. The molecule has 6 nitrogen and oxygen atoms in total. The Hall–Kier alpha value is -1.40. The van der Waals surface area contributed by atoms with Crippen LogP contribution in [0.4, 0.5) is 0 Å². The summed E-state index contributed by atoms with van der Waals surface area (Å²) in [5, 5.41) is 6.92. The van der Waals surface area contributed by atoms with Gasteiger partial charge in [0.1, 0.15) is 6.54 Å². The minimum absolute atomic E-state index is 0.00180. The SMILES string of the molecule is C[C@H]1CN(CCNC(=O)Cn2cccn2)C[C@H](C)O1. The van der Waals surface area contributed by atoms with Crippen molar-refractivity contribution < 1.29 is 9.53 Å². The molecule has 0 unspecified atom stereocenters. The van der Waals surface area contributed by atoms with Crippen LogP contribution >= 0.6 is 0 Å². The van der Waals surface area contributed by atoms with Crippen molar-refractivity contribution in [1.29, 1.82) is 0 Å². The predicted molar refractivity (Wildman–Crippen MR) is 71.7 cm³/mol. The van der Waals surface area contributed by atoms with Crippen LogP contribution in [0.3, 0.4) is 0 Å². The second-order valence-corrected chi connectivity index (χ2v) is 5.07. The first kappa shape index (κ1) is 14.0. The van der Waals surface area contributed by atoms with Gasteiger partial charge in [-0.1, -0.05) is 0 Å². The van der Waals surface area contributed by atoms with E-state index in [1.165, 1.54) is 0 Å². The van der Waals surface area contributed by atoms with Gasteiger partial charge in [-0.15, -0.1) is 0 Å². The van der Waals surface area contributed by atoms with Crippen molar-refractivity contribution in [2.75, 3.05) is 26.2 Å². The fourth-order valence-corrected chi connectivity index (χ4v) is 2.42. The number of morpholine rings is 1. The average Bonchev–Trinajstić information content (AvgIpc) is 2.80. The molecule has 19 heavy (non-hydrogen) atoms. The molecule has 1 aromatic rings. The fourth-order valence-electron chi connectivity index (χ4n) is 2.42. The van der Waals surface area contributed by atoms with E-state index in [1.807, 2.05) is 6.07 Å². The van der Waals surface area contributed by atoms with Gasteiger partial charge < -0.3 is 10.1 Å². The van der Waals surface area contributed by atoms with E-state index < -0.39 is 0 Å². The predicted octanol–water partition coefficient (Wildman–Crippen LogP) is 0.109. The van der Waals surface area contributed by atoms with Crippen LogP contribution in [0, 0.1) is 0 Å². The Kier molecular flexibility index (Phi) is 4.93. The Balaban J connectivity index is 1.64. The Bertz CT molecular complexity index is 383. The minimum atomic E-state index is -0.00180. The molecule has 1 aliphatic heterocycles. The number of aromatic nitrogens is 2. The highest BCUT2D eigenvalue weighted by Crippen LogP contribution is 2.09. The van der Waals surface area contributed by atoms with Gasteiger partial charge in [0.05, 0.1) is 12.2 Å². The Morgan fingerprint density at radius 1 is 1.42 bits per heavy atom. The molecular weight excluding hydrogens is 244 g/mol. The van der Waals surface area contributed by atoms with Crippen molar-refractivity contribution in [3.05, 3.63) is 18.5 Å². The van der Waals surface area contributed by atoms with Crippen LogP contribution in [0.2, 0.25) is 0 Å². The van der Waals surface area contributed by atoms with Crippen LogP contribution < -0.4 is 5.32 Å². The van der Waals surface area contributed by atoms with E-state index >= 15 is 0 Å². The smallest absolute Gasteiger partial charge is 0.241 e. The first-order valence-corrected chi connectivity index (χ1v) is 6.75. The molecule has 2 atom stereocenters. The minimum Gasteiger partial charge on any atom is -0.373 e. The maximum atomic E-state index is 11.7. The maximum Gasteiger partial charge on any atom is 0.241 e. The number of amides is 1. The van der Waals surface area contributed by atoms with Gasteiger partial charge in [-0.2, -0.15) is 5.10 Å². The number of rotatable bonds is 5. The molecule has 0 aliphatic carbocycles. The van der Waals surface area contributed by atoms with Crippen molar-refractivity contribution in [3.63, 3.8) is 0 Å². The lowest BCUT2D eigenvalue weighted by Gasteiger charge is -2.35. The van der Waals surface area contributed by atoms with E-state index in [0.29, 0.717) is 6.54 Å². The van der Waals surface area contributed by atoms with Crippen molar-refractivity contribution >= 4 is 5.91 Å². The molecule has 2 heterocycles. The molecule has 1 amide bonds. The van der Waals surface area contributed by atoms with Gasteiger partial charge in [-0.05, 0) is 19.9 Å². The quantitative estimate of drug-likeness (QED) is 0.822. The molecule has 0 radical (unpaired) electrons. The Morgan fingerprint density at radius 3 is 2.79 bits per heavy atom. The number of nitrogens with one attached hydrogen (secondary N) is 1. The summed E-state index contributed by atoms with van der Waals surface area (Å²) in [6.07, 6.45) is 3.99. The third kappa shape index (κ3) is 4.65. The lowest BCUT2D eigenvalue weighted by Crippen LogP contribution is -2.48. The lowest BCUT2D eigenvalue weighted by molar-refractivity contribution is -0.122. The second-order valence-electron chi connectivity index (χ2n) is 5.07. The van der Waals surface area contributed by atoms with Gasteiger partial charge in [-0.25, -0.2) is 0 Å². The highest BCUT2D eigenvalue weighted by atomic mass is 16.5. The highest BCUT2D eigenvalue weighted by molar-refractivity contribution is 5.75. The number of carbonyl (C=O) groups is 1. The van der Waals surface area contributed by atoms with E-state index in [2.05, 4.69) is 29.2 Å². The van der Waals surface area contributed by atoms with Gasteiger partial charge in [0.15, 0.2) is 0 Å². The average molecular weight is 266 g/mol. The number of carbonyl (C=O) groups excluding carboxylic acids is 1. The van der Waals surface area contributed by atoms with Crippen LogP contribution in [0.1, 0.15) is 13.8 Å². The molecule has 1 N–H and O–H groups in total. The molecule has 0 bridgehead atoms. The van der Waals surface area contributed by atoms with Crippen molar-refractivity contribution in [1.82, 2.24) is 20.0 Å². The summed E-state index contributed by atoms with van der Waals surface area (Å²) in [6, 6.07) is 1.81. The Morgan fingerprint density at radius 2 is 2.16 bits per heavy atom. The van der Waals surface area contributed by atoms with E-state index in [1.54, 1.807) is 17.1 Å². The fraction of sp³-hybridized carbons (Fsp3) is 0.692. The third-order valence-corrected chi connectivity index (χ3v) is 3.11. The third-order valence-electron chi connectivity index (χ3n) is 3.11. The van der Waals surface area contributed by atoms with Gasteiger partial charge in [0.2, 0.25) is 5.91 Å². The monoisotopic (exact) mass is 266 g/mol. The van der Waals surface area contributed by atoms with Gasteiger partial charge in [0.25, 0.3) is 0 Å². The molecular formula is C13H22N4O2. The van der Waals surface area contributed by atoms with E-state index in [-0.39, 0.29) is 24.7 Å². The molecule has 1 aromatic heterocycles. The van der Waals surface area contributed by atoms with Crippen LogP contribution in [-0.4, -0.2) is 59.0 Å². The molecule has 0 spiro atoms. The summed E-state index contributed by atoms with van der Waals surface area (Å²) in [5.41, 5.74) is 0. The highest BCUT2D eigenvalue weighted by Gasteiger charge is 2.21. The number of hydrogen-bond acceptors (Lipinski definition) is 4. The Labute approximate surface area is 113 Å². The second kappa shape index (κ2) is 6.68. The molecule has 1 aliphatic rings. The van der Waals surface area contributed by atoms with Gasteiger partial charge in [0, 0.05) is 38.6 Å². The van der Waals surface area contributed by atoms with E-state index in [9.17, 15) is 4.79 Å². The standard InChI is InChI=1S/C13H22N4O2/c1-11-8-16(9-12(2)19-11)7-5-14-13(18)10-17-6-3-4-15-17/h3-4,6,11-12H,5,7-10H2,1-2H3,(H,14,18)/t11-,12-/m0/s1. The molecule has 106 valence electrons. The van der Waals surface area contributed by atoms with Crippen LogP contribution in [0.5, 0.6) is 0 Å². The molecule has 6 heteroatoms.